The number of ether oxygens (including phenoxy) is 2. The Kier molecular flexibility index (Phi) is 2.33. The van der Waals surface area contributed by atoms with Crippen molar-refractivity contribution >= 4 is 21.8 Å². The Morgan fingerprint density at radius 1 is 1.43 bits per heavy atom. The fourth-order valence-electron chi connectivity index (χ4n) is 1.23. The predicted molar refractivity (Wildman–Crippen MR) is 53.7 cm³/mol. The smallest absolute Gasteiger partial charge is 0.252 e. The van der Waals surface area contributed by atoms with Crippen LogP contribution in [0.1, 0.15) is 10.4 Å². The van der Waals surface area contributed by atoms with Crippen molar-refractivity contribution in [2.75, 3.05) is 13.8 Å². The SMILES string of the molecule is CNC(=O)c1cc2c(cc1Br)OCO2. The number of fused-ring (bicyclic) bond motifs is 1. The zero-order valence-electron chi connectivity index (χ0n) is 7.46. The fraction of sp³-hybridized carbons (Fsp3) is 0.222. The van der Waals surface area contributed by atoms with Crippen molar-refractivity contribution in [3.05, 3.63) is 22.2 Å². The molecule has 0 saturated heterocycles. The first-order valence-corrected chi connectivity index (χ1v) is 4.83. The standard InChI is InChI=1S/C9H8BrNO3/c1-11-9(12)5-2-7-8(3-6(5)10)14-4-13-7/h2-3H,4H2,1H3,(H,11,12). The number of carbonyl (C=O) groups is 1. The number of nitrogens with one attached hydrogen (secondary N) is 1. The molecule has 1 amide bonds. The third kappa shape index (κ3) is 1.43. The Morgan fingerprint density at radius 2 is 2.07 bits per heavy atom. The first-order valence-electron chi connectivity index (χ1n) is 4.03. The first kappa shape index (κ1) is 9.33. The summed E-state index contributed by atoms with van der Waals surface area (Å²) in [6.45, 7) is 0.207. The van der Waals surface area contributed by atoms with E-state index in [2.05, 4.69) is 21.2 Å². The molecule has 5 heteroatoms. The summed E-state index contributed by atoms with van der Waals surface area (Å²) in [4.78, 5) is 11.4. The number of halogens is 1. The lowest BCUT2D eigenvalue weighted by molar-refractivity contribution is 0.0962. The largest absolute Gasteiger partial charge is 0.454 e. The molecule has 2 rings (SSSR count). The lowest BCUT2D eigenvalue weighted by atomic mass is 10.2. The van der Waals surface area contributed by atoms with Crippen LogP contribution < -0.4 is 14.8 Å². The Labute approximate surface area is 89.3 Å². The molecule has 0 spiro atoms. The van der Waals surface area contributed by atoms with Gasteiger partial charge >= 0.3 is 0 Å². The maximum Gasteiger partial charge on any atom is 0.252 e. The lowest BCUT2D eigenvalue weighted by Crippen LogP contribution is -2.18. The monoisotopic (exact) mass is 257 g/mol. The quantitative estimate of drug-likeness (QED) is 0.831. The Hall–Kier alpha value is -1.23. The topological polar surface area (TPSA) is 47.6 Å². The molecule has 0 fully saturated rings. The molecule has 0 aliphatic carbocycles. The van der Waals surface area contributed by atoms with Crippen LogP contribution in [0.3, 0.4) is 0 Å². The number of amides is 1. The van der Waals surface area contributed by atoms with Crippen LogP contribution in [0.25, 0.3) is 0 Å². The molecule has 1 N–H and O–H groups in total. The Balaban J connectivity index is 2.47. The highest BCUT2D eigenvalue weighted by Crippen LogP contribution is 2.36. The molecular weight excluding hydrogens is 250 g/mol. The van der Waals surface area contributed by atoms with Gasteiger partial charge in [0.25, 0.3) is 5.91 Å². The minimum atomic E-state index is -0.157. The molecule has 74 valence electrons. The summed E-state index contributed by atoms with van der Waals surface area (Å²) < 4.78 is 11.0. The van der Waals surface area contributed by atoms with Gasteiger partial charge in [0.15, 0.2) is 11.5 Å². The van der Waals surface area contributed by atoms with Gasteiger partial charge in [0.1, 0.15) is 0 Å². The third-order valence-electron chi connectivity index (χ3n) is 1.93. The second-order valence-electron chi connectivity index (χ2n) is 2.76. The molecule has 0 radical (unpaired) electrons. The molecule has 4 nitrogen and oxygen atoms in total. The molecule has 0 unspecified atom stereocenters. The van der Waals surface area contributed by atoms with Crippen LogP contribution in [-0.2, 0) is 0 Å². The highest BCUT2D eigenvalue weighted by atomic mass is 79.9. The van der Waals surface area contributed by atoms with E-state index in [1.165, 1.54) is 0 Å². The second kappa shape index (κ2) is 3.49. The van der Waals surface area contributed by atoms with E-state index in [0.29, 0.717) is 21.5 Å². The summed E-state index contributed by atoms with van der Waals surface area (Å²) in [6, 6.07) is 3.39. The summed E-state index contributed by atoms with van der Waals surface area (Å²) in [6.07, 6.45) is 0. The molecule has 0 atom stereocenters. The van der Waals surface area contributed by atoms with Gasteiger partial charge in [0, 0.05) is 11.5 Å². The summed E-state index contributed by atoms with van der Waals surface area (Å²) in [5, 5.41) is 2.55. The highest BCUT2D eigenvalue weighted by Gasteiger charge is 2.18. The van der Waals surface area contributed by atoms with Crippen LogP contribution in [0.4, 0.5) is 0 Å². The van der Waals surface area contributed by atoms with Crippen molar-refractivity contribution in [1.82, 2.24) is 5.32 Å². The number of rotatable bonds is 1. The van der Waals surface area contributed by atoms with Gasteiger partial charge in [0.05, 0.1) is 5.56 Å². The summed E-state index contributed by atoms with van der Waals surface area (Å²) >= 11 is 3.29. The van der Waals surface area contributed by atoms with Gasteiger partial charge in [-0.05, 0) is 28.1 Å². The average molecular weight is 258 g/mol. The van der Waals surface area contributed by atoms with Crippen LogP contribution in [0.15, 0.2) is 16.6 Å². The molecular formula is C9H8BrNO3. The van der Waals surface area contributed by atoms with E-state index < -0.39 is 0 Å². The van der Waals surface area contributed by atoms with Crippen LogP contribution >= 0.6 is 15.9 Å². The molecule has 0 bridgehead atoms. The number of benzene rings is 1. The summed E-state index contributed by atoms with van der Waals surface area (Å²) in [5.41, 5.74) is 0.539. The van der Waals surface area contributed by atoms with Crippen molar-refractivity contribution in [3.63, 3.8) is 0 Å². The van der Waals surface area contributed by atoms with Crippen LogP contribution in [0.2, 0.25) is 0 Å². The Bertz CT molecular complexity index is 392. The van der Waals surface area contributed by atoms with Gasteiger partial charge in [-0.1, -0.05) is 0 Å². The van der Waals surface area contributed by atoms with Crippen molar-refractivity contribution in [1.29, 1.82) is 0 Å². The molecule has 1 aromatic carbocycles. The van der Waals surface area contributed by atoms with Crippen molar-refractivity contribution in [2.45, 2.75) is 0 Å². The number of carbonyl (C=O) groups excluding carboxylic acids is 1. The highest BCUT2D eigenvalue weighted by molar-refractivity contribution is 9.10. The van der Waals surface area contributed by atoms with Crippen molar-refractivity contribution in [2.24, 2.45) is 0 Å². The molecule has 1 heterocycles. The molecule has 1 aliphatic rings. The second-order valence-corrected chi connectivity index (χ2v) is 3.62. The third-order valence-corrected chi connectivity index (χ3v) is 2.59. The fourth-order valence-corrected chi connectivity index (χ4v) is 1.73. The molecule has 0 saturated carbocycles. The average Bonchev–Trinajstić information content (AvgIpc) is 2.62. The first-order chi connectivity index (χ1) is 6.72. The zero-order chi connectivity index (χ0) is 10.1. The normalized spacial score (nSPS) is 12.7. The maximum absolute atomic E-state index is 11.4. The van der Waals surface area contributed by atoms with Gasteiger partial charge in [-0.25, -0.2) is 0 Å². The number of hydrogen-bond acceptors (Lipinski definition) is 3. The van der Waals surface area contributed by atoms with Crippen molar-refractivity contribution < 1.29 is 14.3 Å². The van der Waals surface area contributed by atoms with E-state index in [9.17, 15) is 4.79 Å². The van der Waals surface area contributed by atoms with Crippen molar-refractivity contribution in [3.8, 4) is 11.5 Å². The number of hydrogen-bond donors (Lipinski definition) is 1. The van der Waals surface area contributed by atoms with Crippen LogP contribution in [0, 0.1) is 0 Å². The van der Waals surface area contributed by atoms with Gasteiger partial charge in [-0.3, -0.25) is 4.79 Å². The molecule has 14 heavy (non-hydrogen) atoms. The maximum atomic E-state index is 11.4. The zero-order valence-corrected chi connectivity index (χ0v) is 9.05. The van der Waals surface area contributed by atoms with E-state index in [1.54, 1.807) is 19.2 Å². The minimum absolute atomic E-state index is 0.157. The predicted octanol–water partition coefficient (Wildman–Crippen LogP) is 1.54. The van der Waals surface area contributed by atoms with Gasteiger partial charge in [0.2, 0.25) is 6.79 Å². The van der Waals surface area contributed by atoms with Crippen LogP contribution in [-0.4, -0.2) is 19.7 Å². The molecule has 0 aromatic heterocycles. The molecule has 1 aliphatic heterocycles. The van der Waals surface area contributed by atoms with Gasteiger partial charge < -0.3 is 14.8 Å². The van der Waals surface area contributed by atoms with E-state index in [4.69, 9.17) is 9.47 Å². The van der Waals surface area contributed by atoms with E-state index >= 15 is 0 Å². The van der Waals surface area contributed by atoms with Gasteiger partial charge in [-0.2, -0.15) is 0 Å². The van der Waals surface area contributed by atoms with E-state index in [0.717, 1.165) is 0 Å². The van der Waals surface area contributed by atoms with Crippen LogP contribution in [0.5, 0.6) is 11.5 Å². The van der Waals surface area contributed by atoms with E-state index in [-0.39, 0.29) is 12.7 Å². The Morgan fingerprint density at radius 3 is 2.71 bits per heavy atom. The lowest BCUT2D eigenvalue weighted by Gasteiger charge is -2.04. The summed E-state index contributed by atoms with van der Waals surface area (Å²) in [5.74, 6) is 1.10. The summed E-state index contributed by atoms with van der Waals surface area (Å²) in [7, 11) is 1.58. The molecule has 1 aromatic rings. The minimum Gasteiger partial charge on any atom is -0.454 e. The van der Waals surface area contributed by atoms with Gasteiger partial charge in [-0.15, -0.1) is 0 Å². The van der Waals surface area contributed by atoms with E-state index in [1.807, 2.05) is 0 Å².